The van der Waals surface area contributed by atoms with Crippen molar-refractivity contribution < 1.29 is 5.11 Å². The molecule has 0 radical (unpaired) electrons. The third-order valence-corrected chi connectivity index (χ3v) is 6.84. The van der Waals surface area contributed by atoms with Crippen molar-refractivity contribution in [3.05, 3.63) is 24.8 Å². The molecule has 1 fully saturated rings. The molecule has 1 aliphatic carbocycles. The molecule has 1 atom stereocenters. The Bertz CT molecular complexity index is 568. The van der Waals surface area contributed by atoms with Gasteiger partial charge in [-0.2, -0.15) is 0 Å². The third-order valence-electron chi connectivity index (χ3n) is 5.05. The molecule has 1 aliphatic heterocycles. The fourth-order valence-corrected chi connectivity index (χ4v) is 4.88. The quantitative estimate of drug-likeness (QED) is 0.366. The van der Waals surface area contributed by atoms with Crippen LogP contribution in [-0.2, 0) is 0 Å². The van der Waals surface area contributed by atoms with Crippen LogP contribution in [-0.4, -0.2) is 41.8 Å². The summed E-state index contributed by atoms with van der Waals surface area (Å²) >= 11 is 3.31. The van der Waals surface area contributed by atoms with Gasteiger partial charge in [0.15, 0.2) is 0 Å². The first-order valence-electron chi connectivity index (χ1n) is 9.74. The number of rotatable bonds is 5. The molecule has 0 bridgehead atoms. The molecular weight excluding hydrogens is 360 g/mol. The summed E-state index contributed by atoms with van der Waals surface area (Å²) in [5.74, 6) is 0.378. The highest BCUT2D eigenvalue weighted by atomic mass is 32.2. The van der Waals surface area contributed by atoms with Crippen molar-refractivity contribution in [1.82, 2.24) is 4.31 Å². The van der Waals surface area contributed by atoms with Crippen molar-refractivity contribution in [2.75, 3.05) is 31.3 Å². The lowest BCUT2D eigenvalue weighted by molar-refractivity contribution is 0.460. The van der Waals surface area contributed by atoms with Crippen LogP contribution in [0.5, 0.6) is 5.75 Å². The summed E-state index contributed by atoms with van der Waals surface area (Å²) in [6.45, 7) is 8.11. The van der Waals surface area contributed by atoms with Gasteiger partial charge >= 0.3 is 0 Å². The largest absolute Gasteiger partial charge is 0.507 e. The number of phenolic OH excluding ortho intramolecular Hbond substituents is 1. The van der Waals surface area contributed by atoms with Crippen molar-refractivity contribution >= 4 is 29.4 Å². The van der Waals surface area contributed by atoms with E-state index in [1.807, 2.05) is 18.4 Å². The van der Waals surface area contributed by atoms with Crippen LogP contribution >= 0.6 is 23.7 Å². The van der Waals surface area contributed by atoms with Gasteiger partial charge in [-0.15, -0.1) is 18.3 Å². The van der Waals surface area contributed by atoms with Gasteiger partial charge in [-0.05, 0) is 57.1 Å². The van der Waals surface area contributed by atoms with Crippen LogP contribution in [0.3, 0.4) is 0 Å². The molecule has 1 unspecified atom stereocenters. The number of likely N-dealkylation sites (N-methyl/N-ethyl adjacent to an activating group) is 1. The molecule has 3 rings (SSSR count). The molecular formula is C21H34N2OS2. The third kappa shape index (κ3) is 6.14. The Balaban J connectivity index is 0.000000417. The number of allylic oxidation sites excluding steroid dienone is 1. The van der Waals surface area contributed by atoms with Crippen LogP contribution in [0.1, 0.15) is 51.9 Å². The van der Waals surface area contributed by atoms with Crippen molar-refractivity contribution in [3.63, 3.8) is 0 Å². The molecule has 0 saturated heterocycles. The Hall–Kier alpha value is -0.780. The summed E-state index contributed by atoms with van der Waals surface area (Å²) in [4.78, 5) is 4.55. The predicted octanol–water partition coefficient (Wildman–Crippen LogP) is 6.18. The van der Waals surface area contributed by atoms with E-state index in [1.165, 1.54) is 37.8 Å². The maximum Gasteiger partial charge on any atom is 0.130 e. The number of anilines is 1. The summed E-state index contributed by atoms with van der Waals surface area (Å²) in [5.41, 5.74) is 1.24. The number of benzene rings is 1. The average Bonchev–Trinajstić information content (AvgIpc) is 3.17. The van der Waals surface area contributed by atoms with Crippen LogP contribution in [0, 0.1) is 0 Å². The molecule has 146 valence electrons. The standard InChI is InChI=1S/C16H24N2OS2.C5H10/c1-5-6-7-12(2)18-9-8-17(3)21-15-11-14(19)16(20-4)10-13(15)18;1-2-4-5-3-1/h5,10-12,19H,1,6-9H2,2-4H3;1-5H2. The highest BCUT2D eigenvalue weighted by molar-refractivity contribution is 7.98. The molecule has 2 aliphatic rings. The fraction of sp³-hybridized carbons (Fsp3) is 0.619. The first-order valence-corrected chi connectivity index (χ1v) is 11.7. The van der Waals surface area contributed by atoms with Gasteiger partial charge in [0.05, 0.1) is 15.5 Å². The van der Waals surface area contributed by atoms with Gasteiger partial charge in [0.25, 0.3) is 0 Å². The van der Waals surface area contributed by atoms with Gasteiger partial charge < -0.3 is 10.0 Å². The number of fused-ring (bicyclic) bond motifs is 1. The number of hydrogen-bond donors (Lipinski definition) is 1. The van der Waals surface area contributed by atoms with Crippen molar-refractivity contribution in [3.8, 4) is 5.75 Å². The van der Waals surface area contributed by atoms with E-state index in [4.69, 9.17) is 0 Å². The van der Waals surface area contributed by atoms with E-state index in [2.05, 4.69) is 35.8 Å². The first kappa shape index (κ1) is 21.5. The molecule has 1 saturated carbocycles. The van der Waals surface area contributed by atoms with Crippen LogP contribution in [0.2, 0.25) is 0 Å². The van der Waals surface area contributed by atoms with Crippen molar-refractivity contribution in [1.29, 1.82) is 0 Å². The van der Waals surface area contributed by atoms with E-state index in [9.17, 15) is 5.11 Å². The van der Waals surface area contributed by atoms with Crippen LogP contribution in [0.4, 0.5) is 5.69 Å². The molecule has 1 aromatic rings. The fourth-order valence-electron chi connectivity index (χ4n) is 3.44. The summed E-state index contributed by atoms with van der Waals surface area (Å²) in [6.07, 6.45) is 13.6. The van der Waals surface area contributed by atoms with Gasteiger partial charge in [0.1, 0.15) is 5.75 Å². The predicted molar refractivity (Wildman–Crippen MR) is 118 cm³/mol. The highest BCUT2D eigenvalue weighted by Crippen LogP contribution is 2.42. The van der Waals surface area contributed by atoms with Crippen LogP contribution in [0.15, 0.2) is 34.6 Å². The minimum Gasteiger partial charge on any atom is -0.507 e. The Morgan fingerprint density at radius 2 is 1.88 bits per heavy atom. The number of aromatic hydroxyl groups is 1. The second-order valence-corrected chi connectivity index (χ2v) is 9.20. The molecule has 1 aromatic carbocycles. The Kier molecular flexibility index (Phi) is 9.23. The monoisotopic (exact) mass is 394 g/mol. The zero-order chi connectivity index (χ0) is 18.9. The smallest absolute Gasteiger partial charge is 0.130 e. The molecule has 1 heterocycles. The zero-order valence-corrected chi connectivity index (χ0v) is 18.2. The van der Waals surface area contributed by atoms with Gasteiger partial charge in [-0.25, -0.2) is 4.31 Å². The highest BCUT2D eigenvalue weighted by Gasteiger charge is 2.24. The SMILES string of the molecule is C1CCCC1.C=CCCC(C)N1CCN(C)Sc2cc(O)c(SC)cc21. The molecule has 1 N–H and O–H groups in total. The normalized spacial score (nSPS) is 18.5. The lowest BCUT2D eigenvalue weighted by atomic mass is 10.1. The van der Waals surface area contributed by atoms with Gasteiger partial charge in [0, 0.05) is 19.1 Å². The summed E-state index contributed by atoms with van der Waals surface area (Å²) in [6, 6.07) is 4.50. The van der Waals surface area contributed by atoms with E-state index < -0.39 is 0 Å². The number of phenols is 1. The second kappa shape index (κ2) is 11.2. The van der Waals surface area contributed by atoms with Crippen molar-refractivity contribution in [2.24, 2.45) is 0 Å². The van der Waals surface area contributed by atoms with E-state index in [0.717, 1.165) is 35.7 Å². The average molecular weight is 395 g/mol. The van der Waals surface area contributed by atoms with Gasteiger partial charge in [-0.3, -0.25) is 0 Å². The van der Waals surface area contributed by atoms with Crippen LogP contribution < -0.4 is 4.90 Å². The molecule has 0 aromatic heterocycles. The molecule has 5 heteroatoms. The number of thioether (sulfide) groups is 1. The maximum absolute atomic E-state index is 10.1. The molecule has 3 nitrogen and oxygen atoms in total. The number of nitrogens with zero attached hydrogens (tertiary/aromatic N) is 2. The number of hydrogen-bond acceptors (Lipinski definition) is 5. The Morgan fingerprint density at radius 3 is 2.46 bits per heavy atom. The molecule has 0 amide bonds. The lowest BCUT2D eigenvalue weighted by Gasteiger charge is -2.31. The van der Waals surface area contributed by atoms with Crippen molar-refractivity contribution in [2.45, 2.75) is 67.7 Å². The Morgan fingerprint density at radius 1 is 1.23 bits per heavy atom. The summed E-state index contributed by atoms with van der Waals surface area (Å²) < 4.78 is 2.23. The van der Waals surface area contributed by atoms with E-state index in [1.54, 1.807) is 23.7 Å². The van der Waals surface area contributed by atoms with Crippen LogP contribution in [0.25, 0.3) is 0 Å². The first-order chi connectivity index (χ1) is 12.6. The summed E-state index contributed by atoms with van der Waals surface area (Å²) in [7, 11) is 2.10. The second-order valence-electron chi connectivity index (χ2n) is 7.11. The summed E-state index contributed by atoms with van der Waals surface area (Å²) in [5, 5.41) is 10.1. The van der Waals surface area contributed by atoms with Gasteiger partial charge in [-0.1, -0.05) is 38.2 Å². The minimum absolute atomic E-state index is 0.378. The topological polar surface area (TPSA) is 26.7 Å². The van der Waals surface area contributed by atoms with E-state index in [0.29, 0.717) is 11.8 Å². The van der Waals surface area contributed by atoms with E-state index in [-0.39, 0.29) is 0 Å². The maximum atomic E-state index is 10.1. The minimum atomic E-state index is 0.378. The zero-order valence-electron chi connectivity index (χ0n) is 16.5. The molecule has 0 spiro atoms. The Labute approximate surface area is 168 Å². The van der Waals surface area contributed by atoms with E-state index >= 15 is 0 Å². The molecule has 26 heavy (non-hydrogen) atoms. The van der Waals surface area contributed by atoms with Gasteiger partial charge in [0.2, 0.25) is 0 Å². The lowest BCUT2D eigenvalue weighted by Crippen LogP contribution is -2.36.